The van der Waals surface area contributed by atoms with E-state index in [2.05, 4.69) is 13.8 Å². The Balaban J connectivity index is 0.0000130. The maximum Gasteiger partial charge on any atom is 1.00 e. The number of rotatable bonds is 19. The molecule has 1 rings (SSSR count). The van der Waals surface area contributed by atoms with Gasteiger partial charge in [-0.1, -0.05) is 82.7 Å². The summed E-state index contributed by atoms with van der Waals surface area (Å²) in [6.45, 7) is 4.37. The number of unbranched alkanes of at least 4 members (excludes halogenated alkanes) is 8. The molecule has 1 aromatic rings. The molecule has 0 saturated carbocycles. The molecule has 0 bridgehead atoms. The average Bonchev–Trinajstić information content (AvgIpc) is 2.85. The molecule has 0 aliphatic heterocycles. The molecular formula is C28H41KO7S. The second-order valence-electron chi connectivity index (χ2n) is 8.62. The summed E-state index contributed by atoms with van der Waals surface area (Å²) >= 11 is 0. The predicted molar refractivity (Wildman–Crippen MR) is 140 cm³/mol. The van der Waals surface area contributed by atoms with Crippen molar-refractivity contribution in [3.8, 4) is 0 Å². The van der Waals surface area contributed by atoms with E-state index in [9.17, 15) is 22.6 Å². The molecule has 0 heterocycles. The van der Waals surface area contributed by atoms with Crippen LogP contribution in [0.3, 0.4) is 0 Å². The van der Waals surface area contributed by atoms with Crippen LogP contribution in [0.1, 0.15) is 112 Å². The van der Waals surface area contributed by atoms with Gasteiger partial charge in [0.1, 0.15) is 10.1 Å². The van der Waals surface area contributed by atoms with Gasteiger partial charge in [0.15, 0.2) is 0 Å². The van der Waals surface area contributed by atoms with Crippen LogP contribution in [-0.2, 0) is 19.6 Å². The molecule has 1 aromatic carbocycles. The summed E-state index contributed by atoms with van der Waals surface area (Å²) in [5, 5.41) is 0. The largest absolute Gasteiger partial charge is 1.00 e. The first-order chi connectivity index (χ1) is 17.3. The fourth-order valence-electron chi connectivity index (χ4n) is 3.56. The van der Waals surface area contributed by atoms with E-state index in [1.54, 1.807) is 0 Å². The summed E-state index contributed by atoms with van der Waals surface area (Å²) < 4.78 is 45.6. The molecule has 7 nitrogen and oxygen atoms in total. The van der Waals surface area contributed by atoms with Crippen LogP contribution in [0.4, 0.5) is 0 Å². The molecule has 0 fully saturated rings. The minimum Gasteiger partial charge on any atom is -0.744 e. The Morgan fingerprint density at radius 2 is 1.24 bits per heavy atom. The first-order valence-electron chi connectivity index (χ1n) is 13.1. The van der Waals surface area contributed by atoms with Crippen molar-refractivity contribution in [1.29, 1.82) is 0 Å². The van der Waals surface area contributed by atoms with E-state index >= 15 is 0 Å². The average molecular weight is 561 g/mol. The SMILES string of the molecule is CCCCCC/C=C/CCOC(=O)c1cccc(S(=O)(=O)[O-])c1C(=O)OCC/C=C/CCCCCC.[K+]. The third kappa shape index (κ3) is 16.0. The molecule has 0 unspecified atom stereocenters. The van der Waals surface area contributed by atoms with E-state index in [1.165, 1.54) is 50.7 Å². The zero-order valence-electron chi connectivity index (χ0n) is 22.7. The Kier molecular flexibility index (Phi) is 21.6. The standard InChI is InChI=1S/C28H42O7S.K/c1-3-5-7-9-11-13-15-17-22-34-27(29)24-20-19-21-25(36(31,32)33)26(24)28(30)35-23-18-16-14-12-10-8-6-4-2;/h13-16,19-21H,3-12,17-18,22-23H2,1-2H3,(H,31,32,33);/q;+1/p-1/b15-13+,16-14+;. The van der Waals surface area contributed by atoms with Crippen molar-refractivity contribution >= 4 is 22.1 Å². The summed E-state index contributed by atoms with van der Waals surface area (Å²) in [5.41, 5.74) is -0.876. The van der Waals surface area contributed by atoms with Crippen molar-refractivity contribution in [2.75, 3.05) is 13.2 Å². The summed E-state index contributed by atoms with van der Waals surface area (Å²) in [5.74, 6) is -1.92. The van der Waals surface area contributed by atoms with Gasteiger partial charge in [-0.25, -0.2) is 18.0 Å². The number of hydrogen-bond donors (Lipinski definition) is 0. The molecule has 0 N–H and O–H groups in total. The zero-order chi connectivity index (χ0) is 26.7. The van der Waals surface area contributed by atoms with Crippen molar-refractivity contribution in [3.63, 3.8) is 0 Å². The Bertz CT molecular complexity index is 955. The van der Waals surface area contributed by atoms with Gasteiger partial charge >= 0.3 is 63.3 Å². The fourth-order valence-corrected chi connectivity index (χ4v) is 4.25. The van der Waals surface area contributed by atoms with Crippen LogP contribution < -0.4 is 51.4 Å². The Labute approximate surface area is 265 Å². The van der Waals surface area contributed by atoms with Crippen LogP contribution in [0.2, 0.25) is 0 Å². The summed E-state index contributed by atoms with van der Waals surface area (Å²) in [4.78, 5) is 24.5. The Hall–Kier alpha value is -0.814. The molecule has 0 aliphatic rings. The minimum absolute atomic E-state index is 0. The predicted octanol–water partition coefficient (Wildman–Crippen LogP) is 3.74. The van der Waals surface area contributed by atoms with Crippen LogP contribution in [0.5, 0.6) is 0 Å². The summed E-state index contributed by atoms with van der Waals surface area (Å²) in [6.07, 6.45) is 20.0. The third-order valence-corrected chi connectivity index (χ3v) is 6.42. The van der Waals surface area contributed by atoms with Gasteiger partial charge in [-0.2, -0.15) is 0 Å². The Morgan fingerprint density at radius 1 is 0.757 bits per heavy atom. The van der Waals surface area contributed by atoms with Crippen molar-refractivity contribution < 1.29 is 83.4 Å². The first-order valence-corrected chi connectivity index (χ1v) is 14.5. The van der Waals surface area contributed by atoms with E-state index in [0.29, 0.717) is 12.8 Å². The van der Waals surface area contributed by atoms with Crippen LogP contribution >= 0.6 is 0 Å². The molecule has 0 radical (unpaired) electrons. The van der Waals surface area contributed by atoms with Gasteiger partial charge in [0.05, 0.1) is 29.2 Å². The van der Waals surface area contributed by atoms with E-state index in [1.807, 2.05) is 24.3 Å². The first kappa shape index (κ1) is 36.2. The van der Waals surface area contributed by atoms with Crippen LogP contribution in [0.25, 0.3) is 0 Å². The van der Waals surface area contributed by atoms with Crippen LogP contribution in [-0.4, -0.2) is 38.1 Å². The molecule has 0 spiro atoms. The van der Waals surface area contributed by atoms with Gasteiger partial charge in [0.25, 0.3) is 0 Å². The Morgan fingerprint density at radius 3 is 1.73 bits per heavy atom. The number of hydrogen-bond acceptors (Lipinski definition) is 7. The van der Waals surface area contributed by atoms with E-state index in [0.717, 1.165) is 31.7 Å². The maximum absolute atomic E-state index is 12.7. The second-order valence-corrected chi connectivity index (χ2v) is 9.97. The molecule has 37 heavy (non-hydrogen) atoms. The van der Waals surface area contributed by atoms with Gasteiger partial charge in [-0.05, 0) is 50.7 Å². The van der Waals surface area contributed by atoms with Crippen molar-refractivity contribution in [1.82, 2.24) is 0 Å². The van der Waals surface area contributed by atoms with Gasteiger partial charge in [0.2, 0.25) is 0 Å². The molecule has 0 saturated heterocycles. The van der Waals surface area contributed by atoms with Crippen molar-refractivity contribution in [3.05, 3.63) is 53.6 Å². The van der Waals surface area contributed by atoms with E-state index in [-0.39, 0.29) is 70.2 Å². The number of allylic oxidation sites excluding steroid dienone is 2. The third-order valence-electron chi connectivity index (χ3n) is 5.54. The number of ether oxygens (including phenoxy) is 2. The monoisotopic (exact) mass is 560 g/mol. The van der Waals surface area contributed by atoms with Crippen molar-refractivity contribution in [2.45, 2.75) is 95.8 Å². The number of carbonyl (C=O) groups excluding carboxylic acids is 2. The van der Waals surface area contributed by atoms with E-state index in [4.69, 9.17) is 9.47 Å². The molecule has 0 atom stereocenters. The molecule has 0 amide bonds. The molecule has 0 aromatic heterocycles. The molecule has 9 heteroatoms. The van der Waals surface area contributed by atoms with Gasteiger partial charge in [-0.3, -0.25) is 0 Å². The quantitative estimate of drug-likeness (QED) is 0.0833. The maximum atomic E-state index is 12.7. The molecular weight excluding hydrogens is 519 g/mol. The van der Waals surface area contributed by atoms with Crippen LogP contribution in [0.15, 0.2) is 47.4 Å². The second kappa shape index (κ2) is 22.0. The summed E-state index contributed by atoms with van der Waals surface area (Å²) in [7, 11) is -5.01. The molecule has 202 valence electrons. The number of benzene rings is 1. The van der Waals surface area contributed by atoms with Gasteiger partial charge in [-0.15, -0.1) is 0 Å². The normalized spacial score (nSPS) is 11.5. The number of esters is 2. The zero-order valence-corrected chi connectivity index (χ0v) is 26.6. The van der Waals surface area contributed by atoms with Gasteiger partial charge < -0.3 is 14.0 Å². The fraction of sp³-hybridized carbons (Fsp3) is 0.571. The topological polar surface area (TPSA) is 110 Å². The van der Waals surface area contributed by atoms with Crippen molar-refractivity contribution in [2.24, 2.45) is 0 Å². The van der Waals surface area contributed by atoms with Crippen LogP contribution in [0, 0.1) is 0 Å². The molecule has 0 aliphatic carbocycles. The summed E-state index contributed by atoms with van der Waals surface area (Å²) in [6, 6.07) is 3.48. The van der Waals surface area contributed by atoms with E-state index < -0.39 is 32.5 Å². The number of carbonyl (C=O) groups is 2. The van der Waals surface area contributed by atoms with Gasteiger partial charge in [0, 0.05) is 0 Å². The minimum atomic E-state index is -5.01. The smallest absolute Gasteiger partial charge is 0.744 e.